The average molecular weight is 300 g/mol. The molecule has 0 aliphatic rings. The fourth-order valence-electron chi connectivity index (χ4n) is 1.82. The van der Waals surface area contributed by atoms with Crippen LogP contribution in [-0.2, 0) is 14.8 Å². The van der Waals surface area contributed by atoms with E-state index in [1.807, 2.05) is 20.8 Å². The van der Waals surface area contributed by atoms with Gasteiger partial charge in [-0.2, -0.15) is 0 Å². The number of anilines is 1. The van der Waals surface area contributed by atoms with Gasteiger partial charge in [0, 0.05) is 19.3 Å². The van der Waals surface area contributed by atoms with Gasteiger partial charge in [-0.15, -0.1) is 0 Å². The van der Waals surface area contributed by atoms with E-state index in [0.29, 0.717) is 13.2 Å². The second-order valence-corrected chi connectivity index (χ2v) is 7.13. The highest BCUT2D eigenvalue weighted by atomic mass is 32.2. The van der Waals surface area contributed by atoms with Crippen molar-refractivity contribution in [3.05, 3.63) is 24.3 Å². The number of sulfonamides is 1. The zero-order chi connectivity index (χ0) is 15.2. The van der Waals surface area contributed by atoms with Crippen LogP contribution < -0.4 is 10.0 Å². The molecule has 0 aliphatic heterocycles. The molecule has 1 aromatic carbocycles. The highest BCUT2D eigenvalue weighted by Crippen LogP contribution is 2.18. The second kappa shape index (κ2) is 7.06. The Bertz CT molecular complexity index is 510. The van der Waals surface area contributed by atoms with Crippen molar-refractivity contribution < 1.29 is 13.2 Å². The Morgan fingerprint density at radius 2 is 1.80 bits per heavy atom. The largest absolute Gasteiger partial charge is 0.382 e. The zero-order valence-corrected chi connectivity index (χ0v) is 13.4. The maximum atomic E-state index is 11.9. The van der Waals surface area contributed by atoms with Crippen LogP contribution in [0, 0.1) is 0 Å². The Balaban J connectivity index is 2.79. The standard InChI is InChI=1S/C14H24N2O3S/c1-5-10-15-20(17,18)13-8-6-12(7-9-13)16-14(2,3)11-19-4/h6-9,15-16H,5,10-11H2,1-4H3. The van der Waals surface area contributed by atoms with Crippen LogP contribution in [0.25, 0.3) is 0 Å². The highest BCUT2D eigenvalue weighted by molar-refractivity contribution is 7.89. The molecule has 0 aliphatic carbocycles. The van der Waals surface area contributed by atoms with Crippen molar-refractivity contribution in [3.63, 3.8) is 0 Å². The fourth-order valence-corrected chi connectivity index (χ4v) is 2.96. The molecule has 20 heavy (non-hydrogen) atoms. The Labute approximate surface area is 121 Å². The van der Waals surface area contributed by atoms with Crippen LogP contribution in [0.4, 0.5) is 5.69 Å². The van der Waals surface area contributed by atoms with Crippen LogP contribution in [0.2, 0.25) is 0 Å². The highest BCUT2D eigenvalue weighted by Gasteiger charge is 2.18. The predicted molar refractivity (Wildman–Crippen MR) is 81.5 cm³/mol. The summed E-state index contributed by atoms with van der Waals surface area (Å²) in [7, 11) is -1.74. The molecule has 0 bridgehead atoms. The lowest BCUT2D eigenvalue weighted by molar-refractivity contribution is 0.158. The molecule has 0 spiro atoms. The van der Waals surface area contributed by atoms with Crippen molar-refractivity contribution in [2.24, 2.45) is 0 Å². The summed E-state index contributed by atoms with van der Waals surface area (Å²) in [5.41, 5.74) is 0.650. The topological polar surface area (TPSA) is 67.4 Å². The van der Waals surface area contributed by atoms with Gasteiger partial charge in [-0.3, -0.25) is 0 Å². The molecule has 0 saturated heterocycles. The summed E-state index contributed by atoms with van der Waals surface area (Å²) in [5, 5.41) is 3.30. The molecule has 0 saturated carbocycles. The molecule has 1 aromatic rings. The number of rotatable bonds is 8. The van der Waals surface area contributed by atoms with Gasteiger partial charge in [0.25, 0.3) is 0 Å². The molecular weight excluding hydrogens is 276 g/mol. The van der Waals surface area contributed by atoms with E-state index in [1.165, 1.54) is 0 Å². The monoisotopic (exact) mass is 300 g/mol. The van der Waals surface area contributed by atoms with Crippen molar-refractivity contribution in [1.29, 1.82) is 0 Å². The van der Waals surface area contributed by atoms with E-state index in [2.05, 4.69) is 10.0 Å². The van der Waals surface area contributed by atoms with E-state index in [4.69, 9.17) is 4.74 Å². The van der Waals surface area contributed by atoms with Crippen LogP contribution in [0.5, 0.6) is 0 Å². The van der Waals surface area contributed by atoms with Gasteiger partial charge in [-0.25, -0.2) is 13.1 Å². The molecular formula is C14H24N2O3S. The van der Waals surface area contributed by atoms with Crippen molar-refractivity contribution in [2.45, 2.75) is 37.6 Å². The van der Waals surface area contributed by atoms with Gasteiger partial charge in [0.15, 0.2) is 0 Å². The van der Waals surface area contributed by atoms with Gasteiger partial charge in [0.1, 0.15) is 0 Å². The van der Waals surface area contributed by atoms with Crippen molar-refractivity contribution in [1.82, 2.24) is 4.72 Å². The number of hydrogen-bond acceptors (Lipinski definition) is 4. The summed E-state index contributed by atoms with van der Waals surface area (Å²) in [6.07, 6.45) is 0.768. The van der Waals surface area contributed by atoms with Gasteiger partial charge in [-0.05, 0) is 44.5 Å². The molecule has 0 aromatic heterocycles. The van der Waals surface area contributed by atoms with E-state index >= 15 is 0 Å². The molecule has 2 N–H and O–H groups in total. The number of nitrogens with one attached hydrogen (secondary N) is 2. The Kier molecular flexibility index (Phi) is 5.98. The first-order chi connectivity index (χ1) is 9.30. The Hall–Kier alpha value is -1.11. The van der Waals surface area contributed by atoms with Gasteiger partial charge in [0.05, 0.1) is 17.0 Å². The van der Waals surface area contributed by atoms with Gasteiger partial charge in [-0.1, -0.05) is 6.92 Å². The molecule has 114 valence electrons. The van der Waals surface area contributed by atoms with E-state index in [0.717, 1.165) is 12.1 Å². The second-order valence-electron chi connectivity index (χ2n) is 5.36. The van der Waals surface area contributed by atoms with Gasteiger partial charge in [0.2, 0.25) is 10.0 Å². The minimum absolute atomic E-state index is 0.213. The van der Waals surface area contributed by atoms with E-state index in [9.17, 15) is 8.42 Å². The quantitative estimate of drug-likeness (QED) is 0.772. The summed E-state index contributed by atoms with van der Waals surface area (Å²) in [4.78, 5) is 0.279. The lowest BCUT2D eigenvalue weighted by atomic mass is 10.1. The summed E-state index contributed by atoms with van der Waals surface area (Å²) in [5.74, 6) is 0. The molecule has 0 fully saturated rings. The summed E-state index contributed by atoms with van der Waals surface area (Å²) < 4.78 is 31.6. The number of benzene rings is 1. The molecule has 1 rings (SSSR count). The zero-order valence-electron chi connectivity index (χ0n) is 12.6. The predicted octanol–water partition coefficient (Wildman–Crippen LogP) is 2.21. The third-order valence-electron chi connectivity index (χ3n) is 2.69. The Morgan fingerprint density at radius 3 is 2.30 bits per heavy atom. The number of hydrogen-bond donors (Lipinski definition) is 2. The molecule has 5 nitrogen and oxygen atoms in total. The van der Waals surface area contributed by atoms with Gasteiger partial charge < -0.3 is 10.1 Å². The van der Waals surface area contributed by atoms with Crippen LogP contribution in [0.15, 0.2) is 29.2 Å². The third-order valence-corrected chi connectivity index (χ3v) is 4.17. The molecule has 0 heterocycles. The fraction of sp³-hybridized carbons (Fsp3) is 0.571. The first-order valence-electron chi connectivity index (χ1n) is 6.67. The lowest BCUT2D eigenvalue weighted by Gasteiger charge is -2.26. The number of ether oxygens (including phenoxy) is 1. The molecule has 0 unspecified atom stereocenters. The normalized spacial score (nSPS) is 12.4. The lowest BCUT2D eigenvalue weighted by Crippen LogP contribution is -2.35. The molecule has 0 amide bonds. The average Bonchev–Trinajstić information content (AvgIpc) is 2.36. The smallest absolute Gasteiger partial charge is 0.240 e. The first kappa shape index (κ1) is 16.9. The van der Waals surface area contributed by atoms with Crippen LogP contribution in [0.3, 0.4) is 0 Å². The maximum absolute atomic E-state index is 11.9. The van der Waals surface area contributed by atoms with E-state index < -0.39 is 10.0 Å². The van der Waals surface area contributed by atoms with Crippen LogP contribution in [-0.4, -0.2) is 34.2 Å². The van der Waals surface area contributed by atoms with E-state index in [-0.39, 0.29) is 10.4 Å². The van der Waals surface area contributed by atoms with Crippen molar-refractivity contribution >= 4 is 15.7 Å². The minimum Gasteiger partial charge on any atom is -0.382 e. The summed E-state index contributed by atoms with van der Waals surface area (Å²) >= 11 is 0. The minimum atomic E-state index is -3.40. The molecule has 6 heteroatoms. The SMILES string of the molecule is CCCNS(=O)(=O)c1ccc(NC(C)(C)COC)cc1. The first-order valence-corrected chi connectivity index (χ1v) is 8.16. The van der Waals surface area contributed by atoms with Crippen molar-refractivity contribution in [3.8, 4) is 0 Å². The summed E-state index contributed by atoms with van der Waals surface area (Å²) in [6, 6.07) is 6.72. The van der Waals surface area contributed by atoms with E-state index in [1.54, 1.807) is 31.4 Å². The van der Waals surface area contributed by atoms with Gasteiger partial charge >= 0.3 is 0 Å². The van der Waals surface area contributed by atoms with Crippen LogP contribution in [0.1, 0.15) is 27.2 Å². The molecule has 0 radical (unpaired) electrons. The van der Waals surface area contributed by atoms with Crippen molar-refractivity contribution in [2.75, 3.05) is 25.6 Å². The number of methoxy groups -OCH3 is 1. The summed E-state index contributed by atoms with van der Waals surface area (Å²) in [6.45, 7) is 6.97. The van der Waals surface area contributed by atoms with Crippen LogP contribution >= 0.6 is 0 Å². The molecule has 0 atom stereocenters. The maximum Gasteiger partial charge on any atom is 0.240 e. The third kappa shape index (κ3) is 5.11. The Morgan fingerprint density at radius 1 is 1.20 bits per heavy atom.